The molecule has 0 aliphatic carbocycles. The highest BCUT2D eigenvalue weighted by atomic mass is 16.5. The molecule has 0 radical (unpaired) electrons. The van der Waals surface area contributed by atoms with E-state index in [4.69, 9.17) is 14.9 Å². The van der Waals surface area contributed by atoms with Gasteiger partial charge in [-0.25, -0.2) is 14.8 Å². The zero-order chi connectivity index (χ0) is 18.1. The van der Waals surface area contributed by atoms with Crippen LogP contribution in [-0.2, 0) is 11.3 Å². The van der Waals surface area contributed by atoms with E-state index in [9.17, 15) is 4.79 Å². The monoisotopic (exact) mass is 348 g/mol. The van der Waals surface area contributed by atoms with E-state index in [1.54, 1.807) is 16.9 Å². The predicted octanol–water partition coefficient (Wildman–Crippen LogP) is 3.15. The van der Waals surface area contributed by atoms with E-state index in [-0.39, 0.29) is 18.0 Å². The second kappa shape index (κ2) is 6.36. The van der Waals surface area contributed by atoms with E-state index in [2.05, 4.69) is 16.5 Å². The number of ether oxygens (including phenoxy) is 1. The van der Waals surface area contributed by atoms with Crippen molar-refractivity contribution in [1.82, 2.24) is 14.5 Å². The van der Waals surface area contributed by atoms with Crippen molar-refractivity contribution in [3.63, 3.8) is 0 Å². The van der Waals surface area contributed by atoms with Crippen LogP contribution in [0.4, 0.5) is 5.82 Å². The number of nitrogen functional groups attached to an aromatic ring is 1. The Hall–Kier alpha value is -3.61. The smallest absolute Gasteiger partial charge is 0.344 e. The maximum Gasteiger partial charge on any atom is 0.344 e. The first kappa shape index (κ1) is 15.9. The number of hydrogen-bond acceptors (Lipinski definition) is 6. The molecule has 4 aromatic rings. The van der Waals surface area contributed by atoms with Gasteiger partial charge in [0.2, 0.25) is 0 Å². The third-order valence-corrected chi connectivity index (χ3v) is 4.02. The summed E-state index contributed by atoms with van der Waals surface area (Å²) in [7, 11) is 0. The molecule has 0 aliphatic rings. The van der Waals surface area contributed by atoms with E-state index in [1.165, 1.54) is 6.08 Å². The molecule has 0 fully saturated rings. The normalized spacial score (nSPS) is 11.1. The van der Waals surface area contributed by atoms with Crippen molar-refractivity contribution in [1.29, 1.82) is 0 Å². The van der Waals surface area contributed by atoms with Crippen molar-refractivity contribution in [3.8, 4) is 0 Å². The maximum absolute atomic E-state index is 12.5. The van der Waals surface area contributed by atoms with Gasteiger partial charge in [-0.3, -0.25) is 0 Å². The van der Waals surface area contributed by atoms with Gasteiger partial charge in [0.05, 0.1) is 23.8 Å². The molecule has 0 spiro atoms. The van der Waals surface area contributed by atoms with Crippen LogP contribution in [0.25, 0.3) is 22.2 Å². The minimum absolute atomic E-state index is 0.0874. The number of furan rings is 1. The third-order valence-electron chi connectivity index (χ3n) is 4.02. The first-order valence-corrected chi connectivity index (χ1v) is 8.04. The van der Waals surface area contributed by atoms with Gasteiger partial charge in [-0.15, -0.1) is 0 Å². The molecule has 26 heavy (non-hydrogen) atoms. The van der Waals surface area contributed by atoms with Crippen molar-refractivity contribution in [3.05, 3.63) is 66.6 Å². The lowest BCUT2D eigenvalue weighted by atomic mass is 10.2. The van der Waals surface area contributed by atoms with Crippen LogP contribution in [0.2, 0.25) is 0 Å². The number of rotatable bonds is 5. The molecule has 4 rings (SSSR count). The van der Waals surface area contributed by atoms with Crippen molar-refractivity contribution in [2.75, 3.05) is 12.3 Å². The van der Waals surface area contributed by atoms with Gasteiger partial charge in [-0.05, 0) is 24.3 Å². The number of nitrogens with zero attached hydrogens (tertiary/aromatic N) is 3. The first-order chi connectivity index (χ1) is 12.7. The molecule has 0 aliphatic heterocycles. The summed E-state index contributed by atoms with van der Waals surface area (Å²) < 4.78 is 12.3. The lowest BCUT2D eigenvalue weighted by Crippen LogP contribution is -2.10. The summed E-state index contributed by atoms with van der Waals surface area (Å²) in [5, 5.41) is 0. The number of hydrogen-bond donors (Lipinski definition) is 1. The van der Waals surface area contributed by atoms with Crippen LogP contribution >= 0.6 is 0 Å². The number of esters is 1. The molecule has 1 aromatic carbocycles. The van der Waals surface area contributed by atoms with Crippen LogP contribution in [0.15, 0.2) is 59.7 Å². The quantitative estimate of drug-likeness (QED) is 0.440. The van der Waals surface area contributed by atoms with E-state index >= 15 is 0 Å². The summed E-state index contributed by atoms with van der Waals surface area (Å²) in [6.07, 6.45) is 3.08. The fraction of sp³-hybridized carbons (Fsp3) is 0.105. The summed E-state index contributed by atoms with van der Waals surface area (Å²) in [4.78, 5) is 21.8. The minimum Gasteiger partial charge on any atom is -0.467 e. The second-order valence-corrected chi connectivity index (χ2v) is 5.70. The van der Waals surface area contributed by atoms with Crippen LogP contribution < -0.4 is 5.73 Å². The van der Waals surface area contributed by atoms with Gasteiger partial charge in [-0.1, -0.05) is 24.8 Å². The molecule has 7 heteroatoms. The summed E-state index contributed by atoms with van der Waals surface area (Å²) >= 11 is 0. The number of benzene rings is 1. The van der Waals surface area contributed by atoms with Gasteiger partial charge in [0.15, 0.2) is 5.65 Å². The Labute approximate surface area is 148 Å². The van der Waals surface area contributed by atoms with Crippen LogP contribution in [0, 0.1) is 0 Å². The first-order valence-electron chi connectivity index (χ1n) is 8.04. The van der Waals surface area contributed by atoms with E-state index < -0.39 is 5.97 Å². The average Bonchev–Trinajstić information content (AvgIpc) is 3.25. The van der Waals surface area contributed by atoms with Crippen LogP contribution in [-0.4, -0.2) is 27.1 Å². The zero-order valence-corrected chi connectivity index (χ0v) is 13.9. The Balaban J connectivity index is 1.96. The summed E-state index contributed by atoms with van der Waals surface area (Å²) in [5.41, 5.74) is 8.78. The Morgan fingerprint density at radius 3 is 2.69 bits per heavy atom. The highest BCUT2D eigenvalue weighted by Crippen LogP contribution is 2.29. The number of nitrogens with two attached hydrogens (primary N) is 1. The molecule has 0 saturated heterocycles. The zero-order valence-electron chi connectivity index (χ0n) is 13.9. The second-order valence-electron chi connectivity index (χ2n) is 5.70. The van der Waals surface area contributed by atoms with Crippen LogP contribution in [0.1, 0.15) is 16.1 Å². The largest absolute Gasteiger partial charge is 0.467 e. The lowest BCUT2D eigenvalue weighted by molar-refractivity contribution is 0.0553. The Morgan fingerprint density at radius 1 is 1.23 bits per heavy atom. The molecule has 3 heterocycles. The SMILES string of the molecule is C=CCOC(=O)c1c(N)n(Cc2ccco2)c2nc3ccccc3nc12. The van der Waals surface area contributed by atoms with Crippen molar-refractivity contribution in [2.24, 2.45) is 0 Å². The lowest BCUT2D eigenvalue weighted by Gasteiger charge is -2.05. The van der Waals surface area contributed by atoms with E-state index in [1.807, 2.05) is 30.3 Å². The molecule has 2 N–H and O–H groups in total. The molecule has 3 aromatic heterocycles. The van der Waals surface area contributed by atoms with Gasteiger partial charge in [0.25, 0.3) is 0 Å². The number of aromatic nitrogens is 3. The molecule has 0 amide bonds. The van der Waals surface area contributed by atoms with Gasteiger partial charge < -0.3 is 19.5 Å². The summed E-state index contributed by atoms with van der Waals surface area (Å²) in [6.45, 7) is 3.97. The fourth-order valence-corrected chi connectivity index (χ4v) is 2.84. The van der Waals surface area contributed by atoms with Gasteiger partial charge in [-0.2, -0.15) is 0 Å². The van der Waals surface area contributed by atoms with E-state index in [0.29, 0.717) is 34.5 Å². The van der Waals surface area contributed by atoms with E-state index in [0.717, 1.165) is 0 Å². The molecule has 0 unspecified atom stereocenters. The van der Waals surface area contributed by atoms with Crippen molar-refractivity contribution in [2.45, 2.75) is 6.54 Å². The van der Waals surface area contributed by atoms with Crippen molar-refractivity contribution >= 4 is 34.0 Å². The number of anilines is 1. The Kier molecular flexibility index (Phi) is 3.89. The number of para-hydroxylation sites is 2. The molecule has 130 valence electrons. The summed E-state index contributed by atoms with van der Waals surface area (Å²) in [6, 6.07) is 11.1. The Morgan fingerprint density at radius 2 is 2.00 bits per heavy atom. The van der Waals surface area contributed by atoms with Gasteiger partial charge in [0.1, 0.15) is 29.3 Å². The number of fused-ring (bicyclic) bond motifs is 2. The Bertz CT molecular complexity index is 1110. The van der Waals surface area contributed by atoms with Crippen molar-refractivity contribution < 1.29 is 13.9 Å². The molecular weight excluding hydrogens is 332 g/mol. The van der Waals surface area contributed by atoms with Gasteiger partial charge >= 0.3 is 5.97 Å². The topological polar surface area (TPSA) is 96.2 Å². The molecule has 0 bridgehead atoms. The highest BCUT2D eigenvalue weighted by Gasteiger charge is 2.25. The molecule has 7 nitrogen and oxygen atoms in total. The van der Waals surface area contributed by atoms with Crippen LogP contribution in [0.5, 0.6) is 0 Å². The molecule has 0 atom stereocenters. The van der Waals surface area contributed by atoms with Gasteiger partial charge in [0, 0.05) is 0 Å². The number of carbonyl (C=O) groups excluding carboxylic acids is 1. The summed E-state index contributed by atoms with van der Waals surface area (Å²) in [5.74, 6) is 0.366. The average molecular weight is 348 g/mol. The fourth-order valence-electron chi connectivity index (χ4n) is 2.84. The predicted molar refractivity (Wildman–Crippen MR) is 97.7 cm³/mol. The third kappa shape index (κ3) is 2.59. The van der Waals surface area contributed by atoms with Crippen LogP contribution in [0.3, 0.4) is 0 Å². The maximum atomic E-state index is 12.5. The minimum atomic E-state index is -0.560. The molecular formula is C19H16N4O3. The standard InChI is InChI=1S/C19H16N4O3/c1-2-9-26-19(24)15-16-18(22-14-8-4-3-7-13(14)21-16)23(17(15)20)11-12-6-5-10-25-12/h2-8,10H,1,9,11,20H2. The highest BCUT2D eigenvalue weighted by molar-refractivity contribution is 6.08. The number of carbonyl (C=O) groups is 1. The molecule has 0 saturated carbocycles.